The molecule has 0 aromatic heterocycles. The number of ether oxygens (including phenoxy) is 2. The van der Waals surface area contributed by atoms with Crippen LogP contribution in [0.25, 0.3) is 0 Å². The Hall–Kier alpha value is -2.00. The summed E-state index contributed by atoms with van der Waals surface area (Å²) in [6.07, 6.45) is 0. The van der Waals surface area contributed by atoms with E-state index in [2.05, 4.69) is 20.8 Å². The molecule has 0 amide bonds. The number of halogens is 1. The summed E-state index contributed by atoms with van der Waals surface area (Å²) in [4.78, 5) is 11.8. The standard InChI is InChI=1S/C18H19ClO3/c1-18(2,3)13-8-10-14(11-9-13)22-17(20)12-21-16-7-5-4-6-15(16)19/h4-11H,12H2,1-3H3. The van der Waals surface area contributed by atoms with E-state index in [1.807, 2.05) is 12.1 Å². The van der Waals surface area contributed by atoms with Gasteiger partial charge in [-0.2, -0.15) is 0 Å². The van der Waals surface area contributed by atoms with Crippen LogP contribution in [0.5, 0.6) is 11.5 Å². The lowest BCUT2D eigenvalue weighted by Crippen LogP contribution is -2.18. The summed E-state index contributed by atoms with van der Waals surface area (Å²) < 4.78 is 10.6. The number of carbonyl (C=O) groups is 1. The fraction of sp³-hybridized carbons (Fsp3) is 0.278. The van der Waals surface area contributed by atoms with Gasteiger partial charge in [0.25, 0.3) is 0 Å². The SMILES string of the molecule is CC(C)(C)c1ccc(OC(=O)COc2ccccc2Cl)cc1. The van der Waals surface area contributed by atoms with Crippen molar-refractivity contribution in [2.75, 3.05) is 6.61 Å². The fourth-order valence-corrected chi connectivity index (χ4v) is 2.07. The zero-order valence-corrected chi connectivity index (χ0v) is 13.7. The van der Waals surface area contributed by atoms with E-state index in [1.165, 1.54) is 5.56 Å². The predicted octanol–water partition coefficient (Wildman–Crippen LogP) is 4.62. The van der Waals surface area contributed by atoms with Crippen molar-refractivity contribution >= 4 is 17.6 Å². The fourth-order valence-electron chi connectivity index (χ4n) is 1.88. The molecule has 22 heavy (non-hydrogen) atoms. The van der Waals surface area contributed by atoms with Crippen LogP contribution in [0.2, 0.25) is 5.02 Å². The highest BCUT2D eigenvalue weighted by atomic mass is 35.5. The van der Waals surface area contributed by atoms with Gasteiger partial charge in [-0.1, -0.05) is 56.6 Å². The number of carbonyl (C=O) groups excluding carboxylic acids is 1. The number of para-hydroxylation sites is 1. The maximum Gasteiger partial charge on any atom is 0.349 e. The summed E-state index contributed by atoms with van der Waals surface area (Å²) in [6.45, 7) is 6.20. The molecule has 2 rings (SSSR count). The molecular weight excluding hydrogens is 300 g/mol. The third-order valence-corrected chi connectivity index (χ3v) is 3.45. The van der Waals surface area contributed by atoms with Gasteiger partial charge in [-0.15, -0.1) is 0 Å². The van der Waals surface area contributed by atoms with Crippen molar-refractivity contribution < 1.29 is 14.3 Å². The molecule has 0 heterocycles. The highest BCUT2D eigenvalue weighted by Crippen LogP contribution is 2.25. The van der Waals surface area contributed by atoms with Crippen LogP contribution in [0.3, 0.4) is 0 Å². The first-order valence-electron chi connectivity index (χ1n) is 7.05. The highest BCUT2D eigenvalue weighted by Gasteiger charge is 2.14. The molecule has 0 saturated heterocycles. The van der Waals surface area contributed by atoms with Crippen LogP contribution in [0.1, 0.15) is 26.3 Å². The summed E-state index contributed by atoms with van der Waals surface area (Å²) in [5, 5.41) is 0.463. The Morgan fingerprint density at radius 1 is 1.05 bits per heavy atom. The number of benzene rings is 2. The Morgan fingerprint density at radius 3 is 2.27 bits per heavy atom. The topological polar surface area (TPSA) is 35.5 Å². The Morgan fingerprint density at radius 2 is 1.68 bits per heavy atom. The van der Waals surface area contributed by atoms with Gasteiger partial charge in [-0.3, -0.25) is 0 Å². The van der Waals surface area contributed by atoms with E-state index in [0.29, 0.717) is 16.5 Å². The van der Waals surface area contributed by atoms with E-state index in [9.17, 15) is 4.79 Å². The molecule has 0 fully saturated rings. The highest BCUT2D eigenvalue weighted by molar-refractivity contribution is 6.32. The molecule has 116 valence electrons. The summed E-state index contributed by atoms with van der Waals surface area (Å²) in [7, 11) is 0. The molecule has 0 aliphatic rings. The normalized spacial score (nSPS) is 11.1. The molecule has 0 aliphatic carbocycles. The average molecular weight is 319 g/mol. The second-order valence-corrected chi connectivity index (χ2v) is 6.37. The van der Waals surface area contributed by atoms with E-state index in [1.54, 1.807) is 36.4 Å². The molecule has 4 heteroatoms. The minimum absolute atomic E-state index is 0.0652. The van der Waals surface area contributed by atoms with Crippen LogP contribution in [-0.2, 0) is 10.2 Å². The smallest absolute Gasteiger partial charge is 0.349 e. The Labute approximate surface area is 135 Å². The van der Waals surface area contributed by atoms with Gasteiger partial charge < -0.3 is 9.47 Å². The minimum Gasteiger partial charge on any atom is -0.480 e. The van der Waals surface area contributed by atoms with E-state index >= 15 is 0 Å². The summed E-state index contributed by atoms with van der Waals surface area (Å²) in [5.41, 5.74) is 1.25. The van der Waals surface area contributed by atoms with Gasteiger partial charge in [0.1, 0.15) is 11.5 Å². The molecule has 0 spiro atoms. The van der Waals surface area contributed by atoms with Gasteiger partial charge in [0.2, 0.25) is 0 Å². The largest absolute Gasteiger partial charge is 0.480 e. The van der Waals surface area contributed by atoms with Crippen molar-refractivity contribution in [3.8, 4) is 11.5 Å². The monoisotopic (exact) mass is 318 g/mol. The van der Waals surface area contributed by atoms with Crippen molar-refractivity contribution in [2.24, 2.45) is 0 Å². The van der Waals surface area contributed by atoms with Gasteiger partial charge >= 0.3 is 5.97 Å². The van der Waals surface area contributed by atoms with Gasteiger partial charge in [-0.05, 0) is 35.2 Å². The molecule has 0 aliphatic heterocycles. The lowest BCUT2D eigenvalue weighted by atomic mass is 9.87. The van der Waals surface area contributed by atoms with Crippen molar-refractivity contribution in [1.29, 1.82) is 0 Å². The van der Waals surface area contributed by atoms with E-state index in [4.69, 9.17) is 21.1 Å². The van der Waals surface area contributed by atoms with Crippen LogP contribution < -0.4 is 9.47 Å². The Bertz CT molecular complexity index is 642. The van der Waals surface area contributed by atoms with Crippen molar-refractivity contribution in [1.82, 2.24) is 0 Å². The van der Waals surface area contributed by atoms with Crippen LogP contribution in [-0.4, -0.2) is 12.6 Å². The zero-order valence-electron chi connectivity index (χ0n) is 12.9. The first-order valence-corrected chi connectivity index (χ1v) is 7.42. The van der Waals surface area contributed by atoms with Gasteiger partial charge in [0.15, 0.2) is 6.61 Å². The molecule has 2 aromatic rings. The quantitative estimate of drug-likeness (QED) is 0.609. The molecule has 0 N–H and O–H groups in total. The van der Waals surface area contributed by atoms with Crippen LogP contribution in [0, 0.1) is 0 Å². The second kappa shape index (κ2) is 6.84. The molecular formula is C18H19ClO3. The summed E-state index contributed by atoms with van der Waals surface area (Å²) in [5.74, 6) is 0.494. The van der Waals surface area contributed by atoms with Gasteiger partial charge in [-0.25, -0.2) is 4.79 Å². The summed E-state index contributed by atoms with van der Waals surface area (Å²) >= 11 is 5.95. The summed E-state index contributed by atoms with van der Waals surface area (Å²) in [6, 6.07) is 14.5. The lowest BCUT2D eigenvalue weighted by Gasteiger charge is -2.19. The second-order valence-electron chi connectivity index (χ2n) is 5.97. The van der Waals surface area contributed by atoms with Crippen LogP contribution in [0.4, 0.5) is 0 Å². The number of hydrogen-bond donors (Lipinski definition) is 0. The van der Waals surface area contributed by atoms with E-state index in [-0.39, 0.29) is 12.0 Å². The van der Waals surface area contributed by atoms with Crippen molar-refractivity contribution in [2.45, 2.75) is 26.2 Å². The third kappa shape index (κ3) is 4.50. The molecule has 2 aromatic carbocycles. The number of esters is 1. The maximum absolute atomic E-state index is 11.8. The third-order valence-electron chi connectivity index (χ3n) is 3.13. The Kier molecular flexibility index (Phi) is 5.09. The average Bonchev–Trinajstić information content (AvgIpc) is 2.46. The number of hydrogen-bond acceptors (Lipinski definition) is 3. The van der Waals surface area contributed by atoms with Crippen molar-refractivity contribution in [3.05, 3.63) is 59.1 Å². The molecule has 0 saturated carbocycles. The van der Waals surface area contributed by atoms with Crippen molar-refractivity contribution in [3.63, 3.8) is 0 Å². The van der Waals surface area contributed by atoms with Crippen LogP contribution in [0.15, 0.2) is 48.5 Å². The minimum atomic E-state index is -0.469. The van der Waals surface area contributed by atoms with E-state index < -0.39 is 5.97 Å². The number of rotatable bonds is 4. The molecule has 3 nitrogen and oxygen atoms in total. The maximum atomic E-state index is 11.8. The zero-order chi connectivity index (χ0) is 16.2. The van der Waals surface area contributed by atoms with E-state index in [0.717, 1.165) is 0 Å². The predicted molar refractivity (Wildman–Crippen MR) is 87.7 cm³/mol. The first-order chi connectivity index (χ1) is 10.4. The molecule has 0 bridgehead atoms. The molecule has 0 unspecified atom stereocenters. The van der Waals surface area contributed by atoms with Crippen LogP contribution >= 0.6 is 11.6 Å². The first kappa shape index (κ1) is 16.4. The lowest BCUT2D eigenvalue weighted by molar-refractivity contribution is -0.136. The molecule has 0 atom stereocenters. The van der Waals surface area contributed by atoms with Gasteiger partial charge in [0, 0.05) is 0 Å². The Balaban J connectivity index is 1.91. The molecule has 0 radical (unpaired) electrons. The van der Waals surface area contributed by atoms with Gasteiger partial charge in [0.05, 0.1) is 5.02 Å².